The Kier molecular flexibility index (Phi) is 10.4. The van der Waals surface area contributed by atoms with Gasteiger partial charge in [0.05, 0.1) is 45.6 Å². The van der Waals surface area contributed by atoms with Crippen LogP contribution in [0.3, 0.4) is 0 Å². The molecule has 0 aliphatic rings. The summed E-state index contributed by atoms with van der Waals surface area (Å²) in [6, 6.07) is 56.1. The van der Waals surface area contributed by atoms with Crippen LogP contribution in [0.25, 0.3) is 67.8 Å². The second kappa shape index (κ2) is 16.9. The minimum Gasteiger partial charge on any atom is -0.489 e. The van der Waals surface area contributed by atoms with Crippen LogP contribution in [0, 0.1) is 0 Å². The molecule has 0 unspecified atom stereocenters. The van der Waals surface area contributed by atoms with Gasteiger partial charge < -0.3 is 9.47 Å². The van der Waals surface area contributed by atoms with Gasteiger partial charge in [-0.3, -0.25) is 19.9 Å². The lowest BCUT2D eigenvalue weighted by Crippen LogP contribution is -2.00. The fourth-order valence-corrected chi connectivity index (χ4v) is 6.65. The lowest BCUT2D eigenvalue weighted by molar-refractivity contribution is 0.300. The van der Waals surface area contributed by atoms with Crippen LogP contribution >= 0.6 is 0 Å². The Morgan fingerprint density at radius 3 is 1.00 bits per heavy atom. The summed E-state index contributed by atoms with van der Waals surface area (Å²) < 4.78 is 12.7. The van der Waals surface area contributed by atoms with E-state index in [-0.39, 0.29) is 0 Å². The molecule has 0 saturated heterocycles. The Bertz CT molecular complexity index is 2480. The second-order valence-corrected chi connectivity index (χ2v) is 13.6. The van der Waals surface area contributed by atoms with Gasteiger partial charge in [0, 0.05) is 24.8 Å². The molecule has 0 radical (unpaired) electrons. The standard InChI is InChI=1S/C50H36N6O2/c1-5-22-51-43(18-1)47-29-39(30-48(55-47)44-19-2-6-23-52-44)37-14-10-16-41(27-37)57-33-35-12-9-13-36(26-35)34-58-42-17-11-15-38(28-42)40-31-49(45-20-3-7-24-53-45)56-50(32-40)46-21-4-8-25-54-46/h1-32H,33-34H2. The average molecular weight is 753 g/mol. The number of nitrogens with zero attached hydrogens (tertiary/aromatic N) is 6. The first-order valence-corrected chi connectivity index (χ1v) is 18.9. The van der Waals surface area contributed by atoms with Gasteiger partial charge in [-0.25, -0.2) is 9.97 Å². The Morgan fingerprint density at radius 1 is 0.293 bits per heavy atom. The maximum Gasteiger partial charge on any atom is 0.120 e. The highest BCUT2D eigenvalue weighted by atomic mass is 16.5. The van der Waals surface area contributed by atoms with Crippen LogP contribution in [0.5, 0.6) is 11.5 Å². The molecule has 6 aromatic heterocycles. The molecule has 0 bridgehead atoms. The van der Waals surface area contributed by atoms with Crippen LogP contribution < -0.4 is 9.47 Å². The first-order valence-electron chi connectivity index (χ1n) is 18.9. The van der Waals surface area contributed by atoms with Crippen molar-refractivity contribution in [1.29, 1.82) is 0 Å². The monoisotopic (exact) mass is 752 g/mol. The SMILES string of the molecule is c1ccc(-c2cc(-c3cccc(OCc4cccc(COc5cccc(-c6cc(-c7ccccn7)nc(-c7ccccn7)c6)c5)c4)c3)cc(-c3ccccn3)n2)nc1. The Morgan fingerprint density at radius 2 is 0.655 bits per heavy atom. The predicted molar refractivity (Wildman–Crippen MR) is 227 cm³/mol. The predicted octanol–water partition coefficient (Wildman–Crippen LogP) is 11.2. The summed E-state index contributed by atoms with van der Waals surface area (Å²) in [5.41, 5.74) is 12.4. The summed E-state index contributed by atoms with van der Waals surface area (Å²) in [6.07, 6.45) is 7.11. The van der Waals surface area contributed by atoms with Gasteiger partial charge in [0.2, 0.25) is 0 Å². The Labute approximate surface area is 336 Å². The molecule has 0 aliphatic carbocycles. The van der Waals surface area contributed by atoms with Crippen LogP contribution in [-0.2, 0) is 13.2 Å². The van der Waals surface area contributed by atoms with Gasteiger partial charge in [-0.15, -0.1) is 0 Å². The summed E-state index contributed by atoms with van der Waals surface area (Å²) in [6.45, 7) is 0.807. The molecule has 9 rings (SSSR count). The van der Waals surface area contributed by atoms with Gasteiger partial charge in [-0.05, 0) is 137 Å². The number of pyridine rings is 6. The Hall–Kier alpha value is -7.84. The van der Waals surface area contributed by atoms with E-state index in [1.165, 1.54) is 0 Å². The number of aromatic nitrogens is 6. The molecular formula is C50H36N6O2. The first-order chi connectivity index (χ1) is 28.7. The van der Waals surface area contributed by atoms with Crippen molar-refractivity contribution in [1.82, 2.24) is 29.9 Å². The summed E-state index contributed by atoms with van der Waals surface area (Å²) >= 11 is 0. The molecule has 0 saturated carbocycles. The molecule has 58 heavy (non-hydrogen) atoms. The van der Waals surface area contributed by atoms with E-state index in [1.807, 2.05) is 103 Å². The minimum absolute atomic E-state index is 0.404. The van der Waals surface area contributed by atoms with Crippen molar-refractivity contribution in [3.8, 4) is 79.3 Å². The highest BCUT2D eigenvalue weighted by Crippen LogP contribution is 2.33. The van der Waals surface area contributed by atoms with Crippen molar-refractivity contribution in [2.45, 2.75) is 13.2 Å². The molecule has 278 valence electrons. The number of benzene rings is 3. The molecule has 0 N–H and O–H groups in total. The molecule has 0 amide bonds. The zero-order valence-electron chi connectivity index (χ0n) is 31.4. The molecule has 8 nitrogen and oxygen atoms in total. The zero-order valence-corrected chi connectivity index (χ0v) is 31.4. The maximum atomic E-state index is 6.35. The normalized spacial score (nSPS) is 10.9. The summed E-state index contributed by atoms with van der Waals surface area (Å²) in [7, 11) is 0. The van der Waals surface area contributed by atoms with Crippen molar-refractivity contribution in [3.63, 3.8) is 0 Å². The Balaban J connectivity index is 0.902. The van der Waals surface area contributed by atoms with Crippen LogP contribution in [-0.4, -0.2) is 29.9 Å². The van der Waals surface area contributed by atoms with E-state index in [0.717, 1.165) is 90.4 Å². The zero-order chi connectivity index (χ0) is 38.9. The summed E-state index contributed by atoms with van der Waals surface area (Å²) in [5.74, 6) is 1.53. The molecule has 3 aromatic carbocycles. The van der Waals surface area contributed by atoms with Crippen molar-refractivity contribution < 1.29 is 9.47 Å². The fraction of sp³-hybridized carbons (Fsp3) is 0.0400. The molecule has 8 heteroatoms. The minimum atomic E-state index is 0.404. The van der Waals surface area contributed by atoms with E-state index < -0.39 is 0 Å². The molecule has 0 atom stereocenters. The van der Waals surface area contributed by atoms with Gasteiger partial charge in [0.25, 0.3) is 0 Å². The molecule has 0 spiro atoms. The van der Waals surface area contributed by atoms with Gasteiger partial charge in [-0.1, -0.05) is 66.7 Å². The maximum absolute atomic E-state index is 6.35. The summed E-state index contributed by atoms with van der Waals surface area (Å²) in [4.78, 5) is 28.0. The van der Waals surface area contributed by atoms with Crippen LogP contribution in [0.1, 0.15) is 11.1 Å². The van der Waals surface area contributed by atoms with E-state index in [4.69, 9.17) is 19.4 Å². The van der Waals surface area contributed by atoms with Gasteiger partial charge in [0.15, 0.2) is 0 Å². The summed E-state index contributed by atoms with van der Waals surface area (Å²) in [5, 5.41) is 0. The molecule has 0 fully saturated rings. The number of ether oxygens (including phenoxy) is 2. The van der Waals surface area contributed by atoms with Crippen molar-refractivity contribution >= 4 is 0 Å². The topological polar surface area (TPSA) is 95.8 Å². The number of rotatable bonds is 12. The first kappa shape index (κ1) is 35.8. The third kappa shape index (κ3) is 8.51. The highest BCUT2D eigenvalue weighted by molar-refractivity contribution is 5.76. The highest BCUT2D eigenvalue weighted by Gasteiger charge is 2.13. The second-order valence-electron chi connectivity index (χ2n) is 13.6. The molecule has 9 aromatic rings. The fourth-order valence-electron chi connectivity index (χ4n) is 6.65. The largest absolute Gasteiger partial charge is 0.489 e. The van der Waals surface area contributed by atoms with Crippen LogP contribution in [0.4, 0.5) is 0 Å². The molecular weight excluding hydrogens is 717 g/mol. The van der Waals surface area contributed by atoms with Gasteiger partial charge in [0.1, 0.15) is 24.7 Å². The molecule has 0 aliphatic heterocycles. The van der Waals surface area contributed by atoms with Crippen molar-refractivity contribution in [3.05, 3.63) is 206 Å². The lowest BCUT2D eigenvalue weighted by atomic mass is 10.0. The molecule has 6 heterocycles. The van der Waals surface area contributed by atoms with Crippen LogP contribution in [0.15, 0.2) is 195 Å². The van der Waals surface area contributed by atoms with Crippen LogP contribution in [0.2, 0.25) is 0 Å². The van der Waals surface area contributed by atoms with Crippen molar-refractivity contribution in [2.24, 2.45) is 0 Å². The van der Waals surface area contributed by atoms with Gasteiger partial charge in [-0.2, -0.15) is 0 Å². The lowest BCUT2D eigenvalue weighted by Gasteiger charge is -2.13. The van der Waals surface area contributed by atoms with E-state index in [9.17, 15) is 0 Å². The number of hydrogen-bond donors (Lipinski definition) is 0. The van der Waals surface area contributed by atoms with E-state index in [2.05, 4.69) is 86.7 Å². The van der Waals surface area contributed by atoms with E-state index >= 15 is 0 Å². The smallest absolute Gasteiger partial charge is 0.120 e. The van der Waals surface area contributed by atoms with E-state index in [1.54, 1.807) is 24.8 Å². The third-order valence-electron chi connectivity index (χ3n) is 9.50. The number of hydrogen-bond acceptors (Lipinski definition) is 8. The third-order valence-corrected chi connectivity index (χ3v) is 9.50. The average Bonchev–Trinajstić information content (AvgIpc) is 3.31. The quantitative estimate of drug-likeness (QED) is 0.122. The van der Waals surface area contributed by atoms with Crippen molar-refractivity contribution in [2.75, 3.05) is 0 Å². The van der Waals surface area contributed by atoms with Gasteiger partial charge >= 0.3 is 0 Å². The van der Waals surface area contributed by atoms with E-state index in [0.29, 0.717) is 13.2 Å².